The first-order valence-electron chi connectivity index (χ1n) is 3.99. The van der Waals surface area contributed by atoms with E-state index in [0.717, 1.165) is 4.90 Å². The van der Waals surface area contributed by atoms with E-state index < -0.39 is 29.7 Å². The molecule has 2 heterocycles. The summed E-state index contributed by atoms with van der Waals surface area (Å²) in [4.78, 5) is 34.3. The maximum Gasteiger partial charge on any atom is 0.334 e. The first kappa shape index (κ1) is 9.47. The second kappa shape index (κ2) is 2.96. The molecule has 2 saturated heterocycles. The molecule has 0 spiro atoms. The van der Waals surface area contributed by atoms with Crippen LogP contribution < -0.4 is 5.73 Å². The molecule has 0 aromatic heterocycles. The fourth-order valence-electron chi connectivity index (χ4n) is 1.63. The molecule has 0 saturated carbocycles. The van der Waals surface area contributed by atoms with Crippen LogP contribution in [-0.2, 0) is 14.4 Å². The van der Waals surface area contributed by atoms with Gasteiger partial charge < -0.3 is 15.7 Å². The smallest absolute Gasteiger partial charge is 0.334 e. The van der Waals surface area contributed by atoms with Crippen molar-refractivity contribution in [2.75, 3.05) is 5.75 Å². The molecule has 0 radical (unpaired) electrons. The van der Waals surface area contributed by atoms with E-state index in [2.05, 4.69) is 0 Å². The topological polar surface area (TPSA) is 101 Å². The molecule has 2 fully saturated rings. The molecule has 0 aromatic carbocycles. The van der Waals surface area contributed by atoms with Gasteiger partial charge in [-0.15, -0.1) is 11.8 Å². The Morgan fingerprint density at radius 3 is 2.79 bits per heavy atom. The minimum atomic E-state index is -1.33. The van der Waals surface area contributed by atoms with E-state index in [1.807, 2.05) is 0 Å². The maximum absolute atomic E-state index is 11.2. The zero-order valence-corrected chi connectivity index (χ0v) is 7.86. The number of Topliss-reactive ketones (excluding diaryl/α,β-unsaturated/α-hetero) is 1. The number of aliphatic carboxylic acids is 1. The number of ketones is 1. The summed E-state index contributed by atoms with van der Waals surface area (Å²) in [6.07, 6.45) is 0. The molecule has 2 aliphatic heterocycles. The van der Waals surface area contributed by atoms with Crippen molar-refractivity contribution in [3.63, 3.8) is 0 Å². The molecule has 76 valence electrons. The number of thioether (sulfide) groups is 1. The molecule has 1 amide bonds. The van der Waals surface area contributed by atoms with Crippen LogP contribution in [0.1, 0.15) is 0 Å². The van der Waals surface area contributed by atoms with Crippen LogP contribution >= 0.6 is 11.8 Å². The SMILES string of the molecule is NC1C(=O)N2C(C(=O)O)C(=O)CS[C@H]12. The van der Waals surface area contributed by atoms with Crippen LogP contribution in [0.5, 0.6) is 0 Å². The number of amides is 1. The Morgan fingerprint density at radius 1 is 1.57 bits per heavy atom. The second-order valence-corrected chi connectivity index (χ2v) is 4.28. The molecule has 0 bridgehead atoms. The number of nitrogens with zero attached hydrogens (tertiary/aromatic N) is 1. The van der Waals surface area contributed by atoms with E-state index in [1.54, 1.807) is 0 Å². The predicted octanol–water partition coefficient (Wildman–Crippen LogP) is -1.75. The summed E-state index contributed by atoms with van der Waals surface area (Å²) in [6, 6.07) is -1.98. The van der Waals surface area contributed by atoms with Crippen LogP contribution in [0, 0.1) is 0 Å². The fraction of sp³-hybridized carbons (Fsp3) is 0.571. The second-order valence-electron chi connectivity index (χ2n) is 3.18. The molecular formula is C7H8N2O4S. The van der Waals surface area contributed by atoms with Gasteiger partial charge in [0.2, 0.25) is 5.91 Å². The van der Waals surface area contributed by atoms with Crippen molar-refractivity contribution >= 4 is 29.4 Å². The van der Waals surface area contributed by atoms with Gasteiger partial charge in [0.15, 0.2) is 11.8 Å². The van der Waals surface area contributed by atoms with Gasteiger partial charge in [-0.2, -0.15) is 0 Å². The van der Waals surface area contributed by atoms with Crippen LogP contribution in [0.15, 0.2) is 0 Å². The van der Waals surface area contributed by atoms with E-state index in [4.69, 9.17) is 10.8 Å². The Hall–Kier alpha value is -1.08. The first-order chi connectivity index (χ1) is 6.54. The molecule has 6 nitrogen and oxygen atoms in total. The first-order valence-corrected chi connectivity index (χ1v) is 5.04. The number of carbonyl (C=O) groups excluding carboxylic acids is 2. The number of hydrogen-bond acceptors (Lipinski definition) is 5. The molecule has 7 heteroatoms. The average molecular weight is 216 g/mol. The number of carbonyl (C=O) groups is 3. The Morgan fingerprint density at radius 2 is 2.21 bits per heavy atom. The van der Waals surface area contributed by atoms with Crippen molar-refractivity contribution in [3.05, 3.63) is 0 Å². The van der Waals surface area contributed by atoms with Crippen LogP contribution in [0.3, 0.4) is 0 Å². The van der Waals surface area contributed by atoms with Crippen molar-refractivity contribution in [1.82, 2.24) is 4.90 Å². The third-order valence-corrected chi connectivity index (χ3v) is 3.65. The van der Waals surface area contributed by atoms with Crippen molar-refractivity contribution < 1.29 is 19.5 Å². The standard InChI is InChI=1S/C7H8N2O4S/c8-3-5(11)9-4(7(12)13)2(10)1-14-6(3)9/h3-4,6H,1,8H2,(H,12,13)/t3?,4?,6-/m1/s1. The molecule has 2 unspecified atom stereocenters. The fourth-order valence-corrected chi connectivity index (χ4v) is 2.83. The van der Waals surface area contributed by atoms with Gasteiger partial charge in [-0.1, -0.05) is 0 Å². The van der Waals surface area contributed by atoms with Gasteiger partial charge >= 0.3 is 5.97 Å². The molecule has 14 heavy (non-hydrogen) atoms. The van der Waals surface area contributed by atoms with Crippen molar-refractivity contribution in [2.45, 2.75) is 17.5 Å². The van der Waals surface area contributed by atoms with E-state index >= 15 is 0 Å². The lowest BCUT2D eigenvalue weighted by molar-refractivity contribution is -0.163. The summed E-state index contributed by atoms with van der Waals surface area (Å²) in [5.74, 6) is -2.07. The van der Waals surface area contributed by atoms with E-state index in [0.29, 0.717) is 0 Å². The number of carboxylic acid groups (broad SMARTS) is 1. The number of fused-ring (bicyclic) bond motifs is 1. The Balaban J connectivity index is 2.26. The molecular weight excluding hydrogens is 208 g/mol. The predicted molar refractivity (Wildman–Crippen MR) is 47.5 cm³/mol. The zero-order valence-electron chi connectivity index (χ0n) is 7.04. The van der Waals surface area contributed by atoms with Gasteiger partial charge in [-0.05, 0) is 0 Å². The average Bonchev–Trinajstić information content (AvgIpc) is 2.15. The van der Waals surface area contributed by atoms with Gasteiger partial charge in [0.05, 0.1) is 5.75 Å². The summed E-state index contributed by atoms with van der Waals surface area (Å²) in [6.45, 7) is 0. The van der Waals surface area contributed by atoms with Crippen molar-refractivity contribution in [3.8, 4) is 0 Å². The number of carboxylic acids is 1. The van der Waals surface area contributed by atoms with Gasteiger partial charge in [0.1, 0.15) is 11.4 Å². The minimum Gasteiger partial charge on any atom is -0.479 e. The van der Waals surface area contributed by atoms with Gasteiger partial charge in [-0.25, -0.2) is 4.79 Å². The van der Waals surface area contributed by atoms with Crippen LogP contribution in [-0.4, -0.2) is 50.9 Å². The summed E-state index contributed by atoms with van der Waals surface area (Å²) in [7, 11) is 0. The summed E-state index contributed by atoms with van der Waals surface area (Å²) < 4.78 is 0. The Labute approximate surface area is 83.4 Å². The molecule has 0 aliphatic carbocycles. The summed E-state index contributed by atoms with van der Waals surface area (Å²) >= 11 is 1.22. The van der Waals surface area contributed by atoms with Gasteiger partial charge in [0.25, 0.3) is 0 Å². The quantitative estimate of drug-likeness (QED) is 0.398. The molecule has 2 rings (SSSR count). The minimum absolute atomic E-state index is 0.110. The third kappa shape index (κ3) is 1.05. The lowest BCUT2D eigenvalue weighted by Gasteiger charge is -2.49. The normalized spacial score (nSPS) is 36.4. The molecule has 0 aromatic rings. The van der Waals surface area contributed by atoms with E-state index in [9.17, 15) is 14.4 Å². The monoisotopic (exact) mass is 216 g/mol. The molecule has 2 aliphatic rings. The highest BCUT2D eigenvalue weighted by molar-refractivity contribution is 8.00. The molecule has 3 N–H and O–H groups in total. The summed E-state index contributed by atoms with van der Waals surface area (Å²) in [5.41, 5.74) is 5.47. The van der Waals surface area contributed by atoms with E-state index in [1.165, 1.54) is 11.8 Å². The van der Waals surface area contributed by atoms with Crippen LogP contribution in [0.2, 0.25) is 0 Å². The van der Waals surface area contributed by atoms with E-state index in [-0.39, 0.29) is 11.1 Å². The van der Waals surface area contributed by atoms with Crippen molar-refractivity contribution in [1.29, 1.82) is 0 Å². The lowest BCUT2D eigenvalue weighted by atomic mass is 10.0. The van der Waals surface area contributed by atoms with Crippen molar-refractivity contribution in [2.24, 2.45) is 5.73 Å². The van der Waals surface area contributed by atoms with Gasteiger partial charge in [0, 0.05) is 0 Å². The highest BCUT2D eigenvalue weighted by atomic mass is 32.2. The highest BCUT2D eigenvalue weighted by Crippen LogP contribution is 2.35. The zero-order chi connectivity index (χ0) is 10.5. The Kier molecular flexibility index (Phi) is 2.00. The lowest BCUT2D eigenvalue weighted by Crippen LogP contribution is -2.74. The van der Waals surface area contributed by atoms with Gasteiger partial charge in [-0.3, -0.25) is 9.59 Å². The number of rotatable bonds is 1. The molecule has 3 atom stereocenters. The number of nitrogens with two attached hydrogens (primary N) is 1. The third-order valence-electron chi connectivity index (χ3n) is 2.33. The van der Waals surface area contributed by atoms with Crippen LogP contribution in [0.25, 0.3) is 0 Å². The maximum atomic E-state index is 11.2. The summed E-state index contributed by atoms with van der Waals surface area (Å²) in [5, 5.41) is 8.42. The number of hydrogen-bond donors (Lipinski definition) is 2. The number of β-lactam (4-membered cyclic amide) rings is 1. The Bertz CT molecular complexity index is 332. The largest absolute Gasteiger partial charge is 0.479 e. The highest BCUT2D eigenvalue weighted by Gasteiger charge is 2.55. The van der Waals surface area contributed by atoms with Crippen LogP contribution in [0.4, 0.5) is 0 Å².